The van der Waals surface area contributed by atoms with Crippen molar-refractivity contribution >= 4 is 48.9 Å². The smallest absolute Gasteiger partial charge is 0.0629 e. The molecule has 0 saturated heterocycles. The Balaban J connectivity index is 2.36. The lowest BCUT2D eigenvalue weighted by molar-refractivity contribution is 1.14. The molecule has 0 amide bonds. The lowest BCUT2D eigenvalue weighted by Gasteiger charge is -2.13. The molecule has 0 bridgehead atoms. The van der Waals surface area contributed by atoms with Crippen molar-refractivity contribution in [1.82, 2.24) is 0 Å². The first kappa shape index (κ1) is 13.4. The third-order valence-electron chi connectivity index (χ3n) is 2.73. The van der Waals surface area contributed by atoms with Crippen LogP contribution in [0.2, 0.25) is 0 Å². The first-order valence-electron chi connectivity index (χ1n) is 5.70. The van der Waals surface area contributed by atoms with Crippen molar-refractivity contribution in [3.63, 3.8) is 0 Å². The van der Waals surface area contributed by atoms with Gasteiger partial charge in [-0.15, -0.1) is 0 Å². The quantitative estimate of drug-likeness (QED) is 0.738. The highest BCUT2D eigenvalue weighted by molar-refractivity contribution is 9.10. The molecular formula is C14H14Br2N2. The Labute approximate surface area is 124 Å². The van der Waals surface area contributed by atoms with Gasteiger partial charge in [-0.1, -0.05) is 38.8 Å². The molecule has 0 spiro atoms. The predicted octanol–water partition coefficient (Wildman–Crippen LogP) is 5.10. The molecule has 0 saturated carbocycles. The van der Waals surface area contributed by atoms with Crippen molar-refractivity contribution in [3.05, 3.63) is 50.9 Å². The van der Waals surface area contributed by atoms with Crippen LogP contribution in [0.5, 0.6) is 0 Å². The van der Waals surface area contributed by atoms with E-state index in [4.69, 9.17) is 5.73 Å². The molecule has 4 heteroatoms. The van der Waals surface area contributed by atoms with E-state index < -0.39 is 0 Å². The molecule has 2 nitrogen and oxygen atoms in total. The van der Waals surface area contributed by atoms with Gasteiger partial charge < -0.3 is 11.1 Å². The summed E-state index contributed by atoms with van der Waals surface area (Å²) in [7, 11) is 0. The van der Waals surface area contributed by atoms with Crippen molar-refractivity contribution in [2.45, 2.75) is 13.3 Å². The van der Waals surface area contributed by atoms with Gasteiger partial charge in [-0.2, -0.15) is 0 Å². The van der Waals surface area contributed by atoms with Crippen molar-refractivity contribution in [2.75, 3.05) is 11.1 Å². The van der Waals surface area contributed by atoms with E-state index >= 15 is 0 Å². The van der Waals surface area contributed by atoms with Crippen LogP contribution in [0, 0.1) is 0 Å². The summed E-state index contributed by atoms with van der Waals surface area (Å²) in [6, 6.07) is 12.0. The number of anilines is 3. The van der Waals surface area contributed by atoms with Gasteiger partial charge in [-0.3, -0.25) is 0 Å². The van der Waals surface area contributed by atoms with E-state index in [0.717, 1.165) is 32.4 Å². The second-order valence-corrected chi connectivity index (χ2v) is 5.84. The lowest BCUT2D eigenvalue weighted by Crippen LogP contribution is -1.99. The van der Waals surface area contributed by atoms with E-state index in [1.165, 1.54) is 5.56 Å². The van der Waals surface area contributed by atoms with Gasteiger partial charge in [-0.25, -0.2) is 0 Å². The zero-order valence-corrected chi connectivity index (χ0v) is 13.2. The number of nitrogens with two attached hydrogens (primary N) is 1. The average Bonchev–Trinajstić information content (AvgIpc) is 2.36. The third-order valence-corrected chi connectivity index (χ3v) is 3.72. The molecular weight excluding hydrogens is 356 g/mol. The number of hydrogen-bond donors (Lipinski definition) is 2. The van der Waals surface area contributed by atoms with E-state index in [9.17, 15) is 0 Å². The first-order chi connectivity index (χ1) is 8.60. The molecule has 0 heterocycles. The van der Waals surface area contributed by atoms with E-state index in [-0.39, 0.29) is 0 Å². The van der Waals surface area contributed by atoms with Gasteiger partial charge in [0.05, 0.1) is 11.4 Å². The largest absolute Gasteiger partial charge is 0.397 e. The summed E-state index contributed by atoms with van der Waals surface area (Å²) in [5.74, 6) is 0. The van der Waals surface area contributed by atoms with E-state index in [0.29, 0.717) is 0 Å². The summed E-state index contributed by atoms with van der Waals surface area (Å²) in [5, 5.41) is 3.38. The van der Waals surface area contributed by atoms with Crippen LogP contribution in [-0.4, -0.2) is 0 Å². The fraction of sp³-hybridized carbons (Fsp3) is 0.143. The zero-order chi connectivity index (χ0) is 13.1. The minimum absolute atomic E-state index is 0.739. The Morgan fingerprint density at radius 2 is 1.67 bits per heavy atom. The highest BCUT2D eigenvalue weighted by Crippen LogP contribution is 2.29. The fourth-order valence-corrected chi connectivity index (χ4v) is 2.53. The minimum Gasteiger partial charge on any atom is -0.397 e. The molecule has 3 N–H and O–H groups in total. The summed E-state index contributed by atoms with van der Waals surface area (Å²) in [5.41, 5.74) is 9.97. The monoisotopic (exact) mass is 368 g/mol. The summed E-state index contributed by atoms with van der Waals surface area (Å²) in [4.78, 5) is 0. The van der Waals surface area contributed by atoms with Crippen LogP contribution in [0.25, 0.3) is 0 Å². The van der Waals surface area contributed by atoms with Crippen molar-refractivity contribution in [1.29, 1.82) is 0 Å². The lowest BCUT2D eigenvalue weighted by atomic mass is 10.1. The first-order valence-corrected chi connectivity index (χ1v) is 7.29. The molecule has 2 rings (SSSR count). The Kier molecular flexibility index (Phi) is 4.30. The summed E-state index contributed by atoms with van der Waals surface area (Å²) < 4.78 is 2.10. The van der Waals surface area contributed by atoms with E-state index in [1.54, 1.807) is 0 Å². The standard InChI is InChI=1S/C14H14Br2N2/c1-2-9-7-10(15)4-6-13(9)18-14-8-11(16)3-5-12(14)17/h3-8,18H,2,17H2,1H3. The molecule has 0 unspecified atom stereocenters. The second-order valence-electron chi connectivity index (χ2n) is 4.01. The Bertz CT molecular complexity index is 568. The Hall–Kier alpha value is -1.00. The van der Waals surface area contributed by atoms with Crippen molar-refractivity contribution in [3.8, 4) is 0 Å². The number of rotatable bonds is 3. The predicted molar refractivity (Wildman–Crippen MR) is 85.4 cm³/mol. The van der Waals surface area contributed by atoms with Crippen LogP contribution >= 0.6 is 31.9 Å². The summed E-state index contributed by atoms with van der Waals surface area (Å²) in [6.07, 6.45) is 0.968. The SMILES string of the molecule is CCc1cc(Br)ccc1Nc1cc(Br)ccc1N. The second kappa shape index (κ2) is 5.76. The van der Waals surface area contributed by atoms with Gasteiger partial charge in [0.15, 0.2) is 0 Å². The number of benzene rings is 2. The number of aryl methyl sites for hydroxylation is 1. The Morgan fingerprint density at radius 1 is 1.00 bits per heavy atom. The molecule has 0 fully saturated rings. The van der Waals surface area contributed by atoms with E-state index in [2.05, 4.69) is 56.2 Å². The number of nitrogen functional groups attached to an aromatic ring is 1. The summed E-state index contributed by atoms with van der Waals surface area (Å²) in [6.45, 7) is 2.14. The summed E-state index contributed by atoms with van der Waals surface area (Å²) >= 11 is 6.94. The average molecular weight is 370 g/mol. The van der Waals surface area contributed by atoms with Crippen LogP contribution in [0.3, 0.4) is 0 Å². The molecule has 2 aromatic rings. The van der Waals surface area contributed by atoms with Crippen molar-refractivity contribution in [2.24, 2.45) is 0 Å². The minimum atomic E-state index is 0.739. The molecule has 0 aliphatic carbocycles. The van der Waals surface area contributed by atoms with Crippen LogP contribution in [0.1, 0.15) is 12.5 Å². The number of hydrogen-bond acceptors (Lipinski definition) is 2. The van der Waals surface area contributed by atoms with Gasteiger partial charge in [0, 0.05) is 14.6 Å². The maximum atomic E-state index is 5.97. The van der Waals surface area contributed by atoms with Gasteiger partial charge in [0.2, 0.25) is 0 Å². The van der Waals surface area contributed by atoms with Crippen LogP contribution < -0.4 is 11.1 Å². The number of nitrogens with one attached hydrogen (secondary N) is 1. The molecule has 2 aromatic carbocycles. The Morgan fingerprint density at radius 3 is 2.39 bits per heavy atom. The maximum absolute atomic E-state index is 5.97. The maximum Gasteiger partial charge on any atom is 0.0629 e. The van der Waals surface area contributed by atoms with Gasteiger partial charge >= 0.3 is 0 Å². The normalized spacial score (nSPS) is 10.4. The molecule has 0 aromatic heterocycles. The number of halogens is 2. The van der Waals surface area contributed by atoms with Crippen LogP contribution in [0.4, 0.5) is 17.1 Å². The topological polar surface area (TPSA) is 38.0 Å². The fourth-order valence-electron chi connectivity index (χ4n) is 1.76. The van der Waals surface area contributed by atoms with Gasteiger partial charge in [-0.05, 0) is 48.4 Å². The molecule has 94 valence electrons. The third kappa shape index (κ3) is 3.06. The molecule has 0 radical (unpaired) electrons. The molecule has 0 aliphatic heterocycles. The molecule has 0 atom stereocenters. The van der Waals surface area contributed by atoms with Gasteiger partial charge in [0.25, 0.3) is 0 Å². The van der Waals surface area contributed by atoms with Crippen molar-refractivity contribution < 1.29 is 0 Å². The highest BCUT2D eigenvalue weighted by atomic mass is 79.9. The van der Waals surface area contributed by atoms with Crippen LogP contribution in [0.15, 0.2) is 45.3 Å². The van der Waals surface area contributed by atoms with E-state index in [1.807, 2.05) is 24.3 Å². The highest BCUT2D eigenvalue weighted by Gasteiger charge is 2.05. The zero-order valence-electron chi connectivity index (χ0n) is 10.0. The molecule has 18 heavy (non-hydrogen) atoms. The molecule has 0 aliphatic rings. The van der Waals surface area contributed by atoms with Crippen LogP contribution in [-0.2, 0) is 6.42 Å². The van der Waals surface area contributed by atoms with Gasteiger partial charge in [0.1, 0.15) is 0 Å².